The van der Waals surface area contributed by atoms with E-state index in [1.165, 1.54) is 18.4 Å². The average Bonchev–Trinajstić information content (AvgIpc) is 3.21. The van der Waals surface area contributed by atoms with Gasteiger partial charge in [0.2, 0.25) is 5.82 Å². The molecule has 0 spiro atoms. The van der Waals surface area contributed by atoms with Crippen molar-refractivity contribution in [2.75, 3.05) is 0 Å². The molecule has 1 N–H and O–H groups in total. The summed E-state index contributed by atoms with van der Waals surface area (Å²) in [5.41, 5.74) is -1.15. The first-order valence-corrected chi connectivity index (χ1v) is 7.49. The lowest BCUT2D eigenvalue weighted by atomic mass is 10.2. The topological polar surface area (TPSA) is 85.3 Å². The summed E-state index contributed by atoms with van der Waals surface area (Å²) < 4.78 is 45.7. The minimum Gasteiger partial charge on any atom is -0.463 e. The fraction of sp³-hybridized carbons (Fsp3) is 0.333. The molecule has 0 radical (unpaired) electrons. The number of amides is 1. The van der Waals surface area contributed by atoms with Crippen LogP contribution in [0.4, 0.5) is 13.2 Å². The number of alkyl halides is 3. The van der Waals surface area contributed by atoms with E-state index in [0.717, 1.165) is 6.07 Å². The monoisotopic (exact) mass is 353 g/mol. The summed E-state index contributed by atoms with van der Waals surface area (Å²) >= 11 is 0. The molecule has 0 saturated carbocycles. The Morgan fingerprint density at radius 2 is 2.16 bits per heavy atom. The second kappa shape index (κ2) is 6.19. The Labute approximate surface area is 139 Å². The predicted octanol–water partition coefficient (Wildman–Crippen LogP) is 2.93. The molecular formula is C15H14F3N5O2. The molecule has 0 saturated heterocycles. The lowest BCUT2D eigenvalue weighted by Crippen LogP contribution is -2.32. The van der Waals surface area contributed by atoms with E-state index >= 15 is 0 Å². The SMILES string of the molecule is CC[C@@H](C)NC(=O)c1nc2nc(-c3ccco3)cc(C(F)(F)F)n2n1. The van der Waals surface area contributed by atoms with Crippen LogP contribution in [0, 0.1) is 0 Å². The highest BCUT2D eigenvalue weighted by molar-refractivity contribution is 5.91. The van der Waals surface area contributed by atoms with Crippen LogP contribution >= 0.6 is 0 Å². The molecule has 0 aliphatic heterocycles. The van der Waals surface area contributed by atoms with Crippen molar-refractivity contribution >= 4 is 11.7 Å². The molecule has 3 aromatic heterocycles. The van der Waals surface area contributed by atoms with Crippen molar-refractivity contribution in [2.24, 2.45) is 0 Å². The van der Waals surface area contributed by atoms with Gasteiger partial charge < -0.3 is 9.73 Å². The second-order valence-corrected chi connectivity index (χ2v) is 5.43. The van der Waals surface area contributed by atoms with Crippen molar-refractivity contribution in [1.82, 2.24) is 24.9 Å². The summed E-state index contributed by atoms with van der Waals surface area (Å²) in [4.78, 5) is 19.9. The van der Waals surface area contributed by atoms with Crippen molar-refractivity contribution in [3.8, 4) is 11.5 Å². The summed E-state index contributed by atoms with van der Waals surface area (Å²) in [5, 5.41) is 6.27. The van der Waals surface area contributed by atoms with Gasteiger partial charge in [0, 0.05) is 6.04 Å². The van der Waals surface area contributed by atoms with Gasteiger partial charge in [-0.25, -0.2) is 4.98 Å². The molecule has 0 aliphatic carbocycles. The van der Waals surface area contributed by atoms with Crippen molar-refractivity contribution in [3.63, 3.8) is 0 Å². The van der Waals surface area contributed by atoms with Crippen LogP contribution in [0.1, 0.15) is 36.6 Å². The Hall–Kier alpha value is -2.91. The molecule has 0 fully saturated rings. The van der Waals surface area contributed by atoms with Crippen molar-refractivity contribution in [3.05, 3.63) is 36.0 Å². The number of furan rings is 1. The van der Waals surface area contributed by atoms with E-state index in [4.69, 9.17) is 4.42 Å². The Morgan fingerprint density at radius 1 is 1.40 bits per heavy atom. The van der Waals surface area contributed by atoms with E-state index in [0.29, 0.717) is 10.9 Å². The third kappa shape index (κ3) is 3.32. The van der Waals surface area contributed by atoms with E-state index in [9.17, 15) is 18.0 Å². The van der Waals surface area contributed by atoms with Crippen LogP contribution in [0.2, 0.25) is 0 Å². The Kier molecular flexibility index (Phi) is 4.19. The lowest BCUT2D eigenvalue weighted by molar-refractivity contribution is -0.142. The molecule has 0 aromatic carbocycles. The summed E-state index contributed by atoms with van der Waals surface area (Å²) in [6.07, 6.45) is -2.72. The number of halogens is 3. The smallest absolute Gasteiger partial charge is 0.433 e. The zero-order valence-electron chi connectivity index (χ0n) is 13.3. The van der Waals surface area contributed by atoms with Gasteiger partial charge in [0.25, 0.3) is 11.7 Å². The summed E-state index contributed by atoms with van der Waals surface area (Å²) in [6, 6.07) is 3.65. The first-order valence-electron chi connectivity index (χ1n) is 7.49. The first-order chi connectivity index (χ1) is 11.8. The molecule has 7 nitrogen and oxygen atoms in total. The molecule has 1 amide bonds. The van der Waals surface area contributed by atoms with E-state index in [1.807, 2.05) is 6.92 Å². The van der Waals surface area contributed by atoms with Crippen molar-refractivity contribution < 1.29 is 22.4 Å². The maximum atomic E-state index is 13.4. The quantitative estimate of drug-likeness (QED) is 0.779. The van der Waals surface area contributed by atoms with Crippen LogP contribution < -0.4 is 5.32 Å². The van der Waals surface area contributed by atoms with E-state index in [-0.39, 0.29) is 29.1 Å². The van der Waals surface area contributed by atoms with Crippen LogP contribution in [0.15, 0.2) is 28.9 Å². The van der Waals surface area contributed by atoms with Crippen LogP contribution in [-0.2, 0) is 6.18 Å². The molecular weight excluding hydrogens is 339 g/mol. The summed E-state index contributed by atoms with van der Waals surface area (Å²) in [6.45, 7) is 3.63. The van der Waals surface area contributed by atoms with Crippen molar-refractivity contribution in [1.29, 1.82) is 0 Å². The molecule has 0 bridgehead atoms. The molecule has 3 rings (SSSR count). The van der Waals surface area contributed by atoms with Gasteiger partial charge in [0.15, 0.2) is 11.5 Å². The Bertz CT molecular complexity index is 902. The third-order valence-electron chi connectivity index (χ3n) is 3.57. The predicted molar refractivity (Wildman–Crippen MR) is 80.7 cm³/mol. The van der Waals surface area contributed by atoms with Gasteiger partial charge in [-0.2, -0.15) is 22.7 Å². The number of rotatable bonds is 4. The van der Waals surface area contributed by atoms with Gasteiger partial charge in [-0.15, -0.1) is 5.10 Å². The maximum Gasteiger partial charge on any atom is 0.433 e. The highest BCUT2D eigenvalue weighted by atomic mass is 19.4. The summed E-state index contributed by atoms with van der Waals surface area (Å²) in [5.74, 6) is -1.22. The minimum absolute atomic E-state index is 0.0499. The highest BCUT2D eigenvalue weighted by Crippen LogP contribution is 2.31. The molecule has 132 valence electrons. The van der Waals surface area contributed by atoms with Crippen LogP contribution in [0.5, 0.6) is 0 Å². The largest absolute Gasteiger partial charge is 0.463 e. The molecule has 1 atom stereocenters. The number of aromatic nitrogens is 4. The molecule has 25 heavy (non-hydrogen) atoms. The van der Waals surface area contributed by atoms with Gasteiger partial charge in [0.1, 0.15) is 5.69 Å². The number of carbonyl (C=O) groups excluding carboxylic acids is 1. The molecule has 0 unspecified atom stereocenters. The number of hydrogen-bond donors (Lipinski definition) is 1. The number of nitrogens with one attached hydrogen (secondary N) is 1. The van der Waals surface area contributed by atoms with Gasteiger partial charge in [-0.3, -0.25) is 4.79 Å². The molecule has 3 aromatic rings. The van der Waals surface area contributed by atoms with Crippen LogP contribution in [0.25, 0.3) is 17.2 Å². The van der Waals surface area contributed by atoms with Crippen LogP contribution in [0.3, 0.4) is 0 Å². The molecule has 0 aliphatic rings. The van der Waals surface area contributed by atoms with E-state index < -0.39 is 17.8 Å². The van der Waals surface area contributed by atoms with Gasteiger partial charge in [-0.05, 0) is 31.5 Å². The fourth-order valence-corrected chi connectivity index (χ4v) is 2.11. The highest BCUT2D eigenvalue weighted by Gasteiger charge is 2.36. The average molecular weight is 353 g/mol. The zero-order valence-corrected chi connectivity index (χ0v) is 13.3. The lowest BCUT2D eigenvalue weighted by Gasteiger charge is -2.09. The van der Waals surface area contributed by atoms with Gasteiger partial charge in [0.05, 0.1) is 6.26 Å². The van der Waals surface area contributed by atoms with Gasteiger partial charge in [-0.1, -0.05) is 6.92 Å². The summed E-state index contributed by atoms with van der Waals surface area (Å²) in [7, 11) is 0. The number of hydrogen-bond acceptors (Lipinski definition) is 5. The van der Waals surface area contributed by atoms with Crippen LogP contribution in [-0.4, -0.2) is 31.5 Å². The van der Waals surface area contributed by atoms with Crippen molar-refractivity contribution in [2.45, 2.75) is 32.5 Å². The third-order valence-corrected chi connectivity index (χ3v) is 3.57. The molecule has 10 heteroatoms. The Morgan fingerprint density at radius 3 is 2.76 bits per heavy atom. The standard InChI is InChI=1S/C15H14F3N5O2/c1-3-8(2)19-13(24)12-21-14-20-9(10-5-4-6-25-10)7-11(15(16,17)18)23(14)22-12/h4-8H,3H2,1-2H3,(H,19,24)/t8-/m1/s1. The fourth-order valence-electron chi connectivity index (χ4n) is 2.11. The number of fused-ring (bicyclic) bond motifs is 1. The normalized spacial score (nSPS) is 13.2. The maximum absolute atomic E-state index is 13.4. The Balaban J connectivity index is 2.12. The van der Waals surface area contributed by atoms with Gasteiger partial charge >= 0.3 is 6.18 Å². The molecule has 3 heterocycles. The number of nitrogens with zero attached hydrogens (tertiary/aromatic N) is 4. The number of carbonyl (C=O) groups is 1. The second-order valence-electron chi connectivity index (χ2n) is 5.43. The van der Waals surface area contributed by atoms with E-state index in [1.54, 1.807) is 6.92 Å². The van der Waals surface area contributed by atoms with E-state index in [2.05, 4.69) is 20.4 Å². The first kappa shape index (κ1) is 16.9. The minimum atomic E-state index is -4.71. The zero-order chi connectivity index (χ0) is 18.2.